The minimum absolute atomic E-state index is 0.256. The number of urea groups is 1. The third kappa shape index (κ3) is 5.54. The molecule has 0 saturated carbocycles. The normalized spacial score (nSPS) is 12.2. The van der Waals surface area contributed by atoms with Crippen LogP contribution in [0.2, 0.25) is 0 Å². The summed E-state index contributed by atoms with van der Waals surface area (Å²) in [5.41, 5.74) is 0.658. The van der Waals surface area contributed by atoms with Crippen LogP contribution >= 0.6 is 0 Å². The van der Waals surface area contributed by atoms with E-state index in [4.69, 9.17) is 9.47 Å². The van der Waals surface area contributed by atoms with Crippen LogP contribution in [0.1, 0.15) is 29.7 Å². The van der Waals surface area contributed by atoms with Crippen molar-refractivity contribution >= 4 is 6.03 Å². The Morgan fingerprint density at radius 3 is 2.22 bits per heavy atom. The van der Waals surface area contributed by atoms with Crippen molar-refractivity contribution in [3.05, 3.63) is 59.2 Å². The Morgan fingerprint density at radius 1 is 1.04 bits per heavy atom. The van der Waals surface area contributed by atoms with Gasteiger partial charge in [0.1, 0.15) is 0 Å². The van der Waals surface area contributed by atoms with Crippen molar-refractivity contribution in [3.8, 4) is 11.5 Å². The summed E-state index contributed by atoms with van der Waals surface area (Å²) in [6.07, 6.45) is -4.38. The van der Waals surface area contributed by atoms with Crippen molar-refractivity contribution in [1.29, 1.82) is 0 Å². The van der Waals surface area contributed by atoms with Crippen molar-refractivity contribution in [1.82, 2.24) is 10.6 Å². The van der Waals surface area contributed by atoms with Crippen molar-refractivity contribution in [2.75, 3.05) is 14.2 Å². The quantitative estimate of drug-likeness (QED) is 0.784. The molecule has 0 bridgehead atoms. The first-order valence-electron chi connectivity index (χ1n) is 8.17. The first-order valence-corrected chi connectivity index (χ1v) is 8.17. The van der Waals surface area contributed by atoms with Crippen LogP contribution in [0.3, 0.4) is 0 Å². The topological polar surface area (TPSA) is 59.6 Å². The molecule has 0 aliphatic rings. The highest BCUT2D eigenvalue weighted by Crippen LogP contribution is 2.30. The van der Waals surface area contributed by atoms with E-state index in [-0.39, 0.29) is 6.54 Å². The van der Waals surface area contributed by atoms with Crippen LogP contribution in [0.15, 0.2) is 42.5 Å². The standard InChI is InChI=1S/C19H21F3N2O3/c1-12(14-5-7-15(8-6-14)19(20,21)22)24-18(25)23-11-13-4-9-16(26-2)17(10-13)27-3/h4-10,12H,11H2,1-3H3,(H2,23,24,25)/t12-/m1/s1. The van der Waals surface area contributed by atoms with E-state index in [0.29, 0.717) is 17.1 Å². The molecule has 2 aromatic carbocycles. The molecule has 0 heterocycles. The van der Waals surface area contributed by atoms with Crippen molar-refractivity contribution in [2.24, 2.45) is 0 Å². The zero-order valence-corrected chi connectivity index (χ0v) is 15.2. The lowest BCUT2D eigenvalue weighted by Crippen LogP contribution is -2.36. The van der Waals surface area contributed by atoms with Gasteiger partial charge in [0.05, 0.1) is 25.8 Å². The molecule has 2 aromatic rings. The van der Waals surface area contributed by atoms with Gasteiger partial charge >= 0.3 is 12.2 Å². The molecule has 0 fully saturated rings. The molecule has 0 radical (unpaired) electrons. The molecule has 146 valence electrons. The molecule has 0 saturated heterocycles. The van der Waals surface area contributed by atoms with Crippen LogP contribution in [-0.2, 0) is 12.7 Å². The van der Waals surface area contributed by atoms with E-state index in [1.165, 1.54) is 26.4 Å². The Bertz CT molecular complexity index is 777. The van der Waals surface area contributed by atoms with Gasteiger partial charge in [0, 0.05) is 6.54 Å². The number of methoxy groups -OCH3 is 2. The first-order chi connectivity index (χ1) is 12.7. The number of hydrogen-bond donors (Lipinski definition) is 2. The van der Waals surface area contributed by atoms with Gasteiger partial charge < -0.3 is 20.1 Å². The van der Waals surface area contributed by atoms with Crippen LogP contribution in [0.4, 0.5) is 18.0 Å². The summed E-state index contributed by atoms with van der Waals surface area (Å²) in [6.45, 7) is 1.95. The number of alkyl halides is 3. The maximum Gasteiger partial charge on any atom is 0.416 e. The fraction of sp³-hybridized carbons (Fsp3) is 0.316. The summed E-state index contributed by atoms with van der Waals surface area (Å²) in [6, 6.07) is 9.08. The minimum atomic E-state index is -4.38. The second kappa shape index (κ2) is 8.66. The number of carbonyl (C=O) groups excluding carboxylic acids is 1. The summed E-state index contributed by atoms with van der Waals surface area (Å²) >= 11 is 0. The van der Waals surface area contributed by atoms with Crippen molar-refractivity contribution in [3.63, 3.8) is 0 Å². The van der Waals surface area contributed by atoms with Crippen molar-refractivity contribution < 1.29 is 27.4 Å². The summed E-state index contributed by atoms with van der Waals surface area (Å²) in [5, 5.41) is 5.39. The Labute approximate surface area is 155 Å². The highest BCUT2D eigenvalue weighted by molar-refractivity contribution is 5.74. The highest BCUT2D eigenvalue weighted by Gasteiger charge is 2.30. The van der Waals surface area contributed by atoms with Crippen LogP contribution in [0.25, 0.3) is 0 Å². The van der Waals surface area contributed by atoms with E-state index in [1.807, 2.05) is 0 Å². The van der Waals surface area contributed by atoms with Crippen LogP contribution in [0.5, 0.6) is 11.5 Å². The SMILES string of the molecule is COc1ccc(CNC(=O)N[C@H](C)c2ccc(C(F)(F)F)cc2)cc1OC. The molecule has 27 heavy (non-hydrogen) atoms. The number of nitrogens with one attached hydrogen (secondary N) is 2. The summed E-state index contributed by atoms with van der Waals surface area (Å²) < 4.78 is 48.2. The van der Waals surface area contributed by atoms with Gasteiger partial charge in [-0.3, -0.25) is 0 Å². The third-order valence-corrected chi connectivity index (χ3v) is 3.99. The lowest BCUT2D eigenvalue weighted by atomic mass is 10.1. The summed E-state index contributed by atoms with van der Waals surface area (Å²) in [5.74, 6) is 1.14. The number of ether oxygens (including phenoxy) is 2. The molecular formula is C19H21F3N2O3. The van der Waals surface area contributed by atoms with E-state index in [0.717, 1.165) is 17.7 Å². The molecule has 2 N–H and O–H groups in total. The molecule has 2 rings (SSSR count). The summed E-state index contributed by atoms with van der Waals surface area (Å²) in [4.78, 5) is 12.0. The van der Waals surface area contributed by atoms with Crippen LogP contribution in [0, 0.1) is 0 Å². The molecular weight excluding hydrogens is 361 g/mol. The van der Waals surface area contributed by atoms with Crippen molar-refractivity contribution in [2.45, 2.75) is 25.7 Å². The molecule has 1 atom stereocenters. The molecule has 0 unspecified atom stereocenters. The smallest absolute Gasteiger partial charge is 0.416 e. The molecule has 8 heteroatoms. The van der Waals surface area contributed by atoms with E-state index < -0.39 is 23.8 Å². The molecule has 0 aliphatic heterocycles. The fourth-order valence-corrected chi connectivity index (χ4v) is 2.46. The first kappa shape index (κ1) is 20.4. The second-order valence-electron chi connectivity index (χ2n) is 5.86. The van der Waals surface area contributed by atoms with Gasteiger partial charge in [-0.1, -0.05) is 18.2 Å². The van der Waals surface area contributed by atoms with Gasteiger partial charge in [-0.2, -0.15) is 13.2 Å². The van der Waals surface area contributed by atoms with E-state index in [2.05, 4.69) is 10.6 Å². The number of rotatable bonds is 6. The maximum atomic E-state index is 12.6. The Morgan fingerprint density at radius 2 is 1.67 bits per heavy atom. The lowest BCUT2D eigenvalue weighted by Gasteiger charge is -2.16. The second-order valence-corrected chi connectivity index (χ2v) is 5.86. The minimum Gasteiger partial charge on any atom is -0.493 e. The van der Waals surface area contributed by atoms with E-state index >= 15 is 0 Å². The monoisotopic (exact) mass is 382 g/mol. The predicted molar refractivity (Wildman–Crippen MR) is 94.8 cm³/mol. The maximum absolute atomic E-state index is 12.6. The predicted octanol–water partition coefficient (Wildman–Crippen LogP) is 4.28. The van der Waals surface area contributed by atoms with Gasteiger partial charge in [0.25, 0.3) is 0 Å². The average molecular weight is 382 g/mol. The fourth-order valence-electron chi connectivity index (χ4n) is 2.46. The Hall–Kier alpha value is -2.90. The largest absolute Gasteiger partial charge is 0.493 e. The van der Waals surface area contributed by atoms with E-state index in [1.54, 1.807) is 25.1 Å². The Kier molecular flexibility index (Phi) is 6.55. The highest BCUT2D eigenvalue weighted by atomic mass is 19.4. The molecule has 0 aliphatic carbocycles. The molecule has 0 spiro atoms. The zero-order valence-electron chi connectivity index (χ0n) is 15.2. The number of benzene rings is 2. The molecule has 2 amide bonds. The third-order valence-electron chi connectivity index (χ3n) is 3.99. The number of halogens is 3. The van der Waals surface area contributed by atoms with Gasteiger partial charge in [-0.15, -0.1) is 0 Å². The summed E-state index contributed by atoms with van der Waals surface area (Å²) in [7, 11) is 3.05. The number of hydrogen-bond acceptors (Lipinski definition) is 3. The Balaban J connectivity index is 1.91. The number of carbonyl (C=O) groups is 1. The van der Waals surface area contributed by atoms with Crippen LogP contribution < -0.4 is 20.1 Å². The van der Waals surface area contributed by atoms with Gasteiger partial charge in [0.2, 0.25) is 0 Å². The molecule has 5 nitrogen and oxygen atoms in total. The van der Waals surface area contributed by atoms with Gasteiger partial charge in [0.15, 0.2) is 11.5 Å². The van der Waals surface area contributed by atoms with E-state index in [9.17, 15) is 18.0 Å². The average Bonchev–Trinajstić information content (AvgIpc) is 2.65. The molecule has 0 aromatic heterocycles. The number of amides is 2. The zero-order chi connectivity index (χ0) is 20.0. The lowest BCUT2D eigenvalue weighted by molar-refractivity contribution is -0.137. The van der Waals surface area contributed by atoms with Crippen LogP contribution in [-0.4, -0.2) is 20.3 Å². The van der Waals surface area contributed by atoms with Gasteiger partial charge in [-0.05, 0) is 42.3 Å². The van der Waals surface area contributed by atoms with Gasteiger partial charge in [-0.25, -0.2) is 4.79 Å².